The van der Waals surface area contributed by atoms with Crippen molar-refractivity contribution in [2.45, 2.75) is 26.3 Å². The van der Waals surface area contributed by atoms with Crippen LogP contribution >= 0.6 is 23.5 Å². The third-order valence-electron chi connectivity index (χ3n) is 5.44. The van der Waals surface area contributed by atoms with E-state index < -0.39 is 17.5 Å². The maximum absolute atomic E-state index is 14.1. The summed E-state index contributed by atoms with van der Waals surface area (Å²) in [5, 5.41) is 7.39. The zero-order chi connectivity index (χ0) is 26.2. The lowest BCUT2D eigenvalue weighted by molar-refractivity contribution is 0.0740. The van der Waals surface area contributed by atoms with Crippen LogP contribution in [0.25, 0.3) is 0 Å². The molecule has 0 unspecified atom stereocenters. The highest BCUT2D eigenvalue weighted by Crippen LogP contribution is 2.30. The Morgan fingerprint density at radius 1 is 1.17 bits per heavy atom. The van der Waals surface area contributed by atoms with Gasteiger partial charge in [0.15, 0.2) is 0 Å². The number of ether oxygens (including phenoxy) is 2. The van der Waals surface area contributed by atoms with Crippen LogP contribution in [0.2, 0.25) is 0 Å². The number of benzene rings is 2. The number of carbonyl (C=O) groups excluding carboxylic acids is 2. The summed E-state index contributed by atoms with van der Waals surface area (Å²) in [4.78, 5) is 31.4. The van der Waals surface area contributed by atoms with Gasteiger partial charge in [0, 0.05) is 41.3 Å². The van der Waals surface area contributed by atoms with Gasteiger partial charge in [-0.2, -0.15) is 0 Å². The molecule has 0 radical (unpaired) electrons. The largest absolute Gasteiger partial charge is 0.496 e. The number of aryl methyl sites for hydroxylation is 1. The third kappa shape index (κ3) is 6.71. The number of thiazole rings is 1. The Labute approximate surface area is 216 Å². The van der Waals surface area contributed by atoms with E-state index in [2.05, 4.69) is 9.71 Å². The standard InChI is InChI=1S/C24H26F2N4O4S2/c1-14-20(33-2)9-16(10-21(14)34-3)24(32)30(8-4-5-15-6-7-17(25)11-18(15)26)12-22-28-19(13-35-22)23(31)29-36-27/h6-7,9-11,13H,4-5,8,12,27H2,1-3H3,(H,29,31). The van der Waals surface area contributed by atoms with E-state index >= 15 is 0 Å². The minimum Gasteiger partial charge on any atom is -0.496 e. The summed E-state index contributed by atoms with van der Waals surface area (Å²) in [5.41, 5.74) is 1.64. The molecule has 12 heteroatoms. The molecule has 3 N–H and O–H groups in total. The van der Waals surface area contributed by atoms with Gasteiger partial charge in [0.05, 0.1) is 20.8 Å². The number of methoxy groups -OCH3 is 2. The Bertz CT molecular complexity index is 1210. The number of hydrogen-bond acceptors (Lipinski definition) is 8. The van der Waals surface area contributed by atoms with Crippen molar-refractivity contribution in [1.29, 1.82) is 0 Å². The topological polar surface area (TPSA) is 107 Å². The molecule has 192 valence electrons. The van der Waals surface area contributed by atoms with E-state index in [-0.39, 0.29) is 24.7 Å². The van der Waals surface area contributed by atoms with Crippen molar-refractivity contribution in [2.24, 2.45) is 5.14 Å². The first kappa shape index (κ1) is 27.4. The monoisotopic (exact) mass is 536 g/mol. The van der Waals surface area contributed by atoms with Crippen molar-refractivity contribution in [3.63, 3.8) is 0 Å². The maximum Gasteiger partial charge on any atom is 0.281 e. The summed E-state index contributed by atoms with van der Waals surface area (Å²) in [6.07, 6.45) is 0.715. The number of carbonyl (C=O) groups is 2. The lowest BCUT2D eigenvalue weighted by Crippen LogP contribution is -2.32. The number of hydrogen-bond donors (Lipinski definition) is 2. The van der Waals surface area contributed by atoms with E-state index in [0.29, 0.717) is 52.6 Å². The maximum atomic E-state index is 14.1. The van der Waals surface area contributed by atoms with Crippen molar-refractivity contribution in [2.75, 3.05) is 20.8 Å². The van der Waals surface area contributed by atoms with Gasteiger partial charge in [-0.25, -0.2) is 13.8 Å². The van der Waals surface area contributed by atoms with Gasteiger partial charge in [-0.15, -0.1) is 11.3 Å². The zero-order valence-corrected chi connectivity index (χ0v) is 21.6. The van der Waals surface area contributed by atoms with Crippen molar-refractivity contribution in [1.82, 2.24) is 14.6 Å². The molecular formula is C24H26F2N4O4S2. The van der Waals surface area contributed by atoms with Gasteiger partial charge in [-0.3, -0.25) is 19.5 Å². The third-order valence-corrected chi connectivity index (χ3v) is 6.57. The first-order chi connectivity index (χ1) is 17.3. The van der Waals surface area contributed by atoms with Gasteiger partial charge in [0.25, 0.3) is 11.8 Å². The highest BCUT2D eigenvalue weighted by Gasteiger charge is 2.22. The summed E-state index contributed by atoms with van der Waals surface area (Å²) in [6.45, 7) is 2.20. The van der Waals surface area contributed by atoms with Crippen LogP contribution in [0, 0.1) is 18.6 Å². The van der Waals surface area contributed by atoms with Crippen LogP contribution in [0.15, 0.2) is 35.7 Å². The summed E-state index contributed by atoms with van der Waals surface area (Å²) in [6, 6.07) is 6.70. The van der Waals surface area contributed by atoms with Gasteiger partial charge in [-0.05, 0) is 43.5 Å². The van der Waals surface area contributed by atoms with Crippen molar-refractivity contribution < 1.29 is 27.8 Å². The van der Waals surface area contributed by atoms with E-state index in [1.165, 1.54) is 37.7 Å². The number of rotatable bonds is 11. The van der Waals surface area contributed by atoms with Crippen LogP contribution in [0.1, 0.15) is 43.4 Å². The van der Waals surface area contributed by atoms with Crippen LogP contribution in [0.3, 0.4) is 0 Å². The van der Waals surface area contributed by atoms with Crippen LogP contribution in [0.5, 0.6) is 11.5 Å². The molecule has 1 aromatic heterocycles. The highest BCUT2D eigenvalue weighted by molar-refractivity contribution is 7.95. The van der Waals surface area contributed by atoms with Crippen LogP contribution in [-0.2, 0) is 13.0 Å². The first-order valence-corrected chi connectivity index (χ1v) is 12.6. The lowest BCUT2D eigenvalue weighted by atomic mass is 10.1. The predicted octanol–water partition coefficient (Wildman–Crippen LogP) is 4.27. The molecule has 8 nitrogen and oxygen atoms in total. The van der Waals surface area contributed by atoms with E-state index in [1.54, 1.807) is 22.4 Å². The molecule has 2 aromatic carbocycles. The number of nitrogens with one attached hydrogen (secondary N) is 1. The fourth-order valence-electron chi connectivity index (χ4n) is 3.59. The van der Waals surface area contributed by atoms with Crippen molar-refractivity contribution >= 4 is 35.3 Å². The van der Waals surface area contributed by atoms with Gasteiger partial charge in [-0.1, -0.05) is 6.07 Å². The van der Waals surface area contributed by atoms with Crippen LogP contribution in [0.4, 0.5) is 8.78 Å². The number of aromatic nitrogens is 1. The van der Waals surface area contributed by atoms with Gasteiger partial charge in [0.2, 0.25) is 0 Å². The summed E-state index contributed by atoms with van der Waals surface area (Å²) in [7, 11) is 3.01. The van der Waals surface area contributed by atoms with Crippen LogP contribution < -0.4 is 19.3 Å². The van der Waals surface area contributed by atoms with E-state index in [1.807, 2.05) is 6.92 Å². The Hall–Kier alpha value is -3.22. The van der Waals surface area contributed by atoms with Gasteiger partial charge < -0.3 is 14.4 Å². The average Bonchev–Trinajstić information content (AvgIpc) is 3.33. The quantitative estimate of drug-likeness (QED) is 0.353. The Balaban J connectivity index is 1.85. The molecule has 0 bridgehead atoms. The molecule has 0 atom stereocenters. The molecule has 0 aliphatic heterocycles. The smallest absolute Gasteiger partial charge is 0.281 e. The summed E-state index contributed by atoms with van der Waals surface area (Å²) >= 11 is 1.90. The summed E-state index contributed by atoms with van der Waals surface area (Å²) < 4.78 is 40.5. The molecule has 0 aliphatic carbocycles. The van der Waals surface area contributed by atoms with Gasteiger partial charge >= 0.3 is 0 Å². The fraction of sp³-hybridized carbons (Fsp3) is 0.292. The highest BCUT2D eigenvalue weighted by atomic mass is 32.2. The molecule has 3 aromatic rings. The molecule has 0 spiro atoms. The molecule has 36 heavy (non-hydrogen) atoms. The molecule has 1 heterocycles. The number of nitrogens with zero attached hydrogens (tertiary/aromatic N) is 2. The van der Waals surface area contributed by atoms with E-state index in [0.717, 1.165) is 11.6 Å². The molecule has 0 aliphatic rings. The predicted molar refractivity (Wildman–Crippen MR) is 135 cm³/mol. The average molecular weight is 537 g/mol. The second-order valence-corrected chi connectivity index (χ2v) is 9.13. The number of halogens is 2. The van der Waals surface area contributed by atoms with E-state index in [9.17, 15) is 18.4 Å². The van der Waals surface area contributed by atoms with Crippen molar-refractivity contribution in [3.8, 4) is 11.5 Å². The SMILES string of the molecule is COc1cc(C(=O)N(CCCc2ccc(F)cc2F)Cc2nc(C(=O)NSN)cs2)cc(OC)c1C. The molecule has 0 saturated heterocycles. The normalized spacial score (nSPS) is 10.7. The number of nitrogens with two attached hydrogens (primary N) is 1. The minimum absolute atomic E-state index is 0.122. The Morgan fingerprint density at radius 3 is 2.47 bits per heavy atom. The molecular weight excluding hydrogens is 510 g/mol. The summed E-state index contributed by atoms with van der Waals surface area (Å²) in [5.74, 6) is -1.04. The second-order valence-electron chi connectivity index (χ2n) is 7.75. The fourth-order valence-corrected chi connectivity index (χ4v) is 4.59. The van der Waals surface area contributed by atoms with Crippen molar-refractivity contribution in [3.05, 3.63) is 74.7 Å². The Morgan fingerprint density at radius 2 is 1.86 bits per heavy atom. The zero-order valence-electron chi connectivity index (χ0n) is 20.0. The van der Waals surface area contributed by atoms with E-state index in [4.69, 9.17) is 14.6 Å². The molecule has 2 amide bonds. The molecule has 0 saturated carbocycles. The first-order valence-electron chi connectivity index (χ1n) is 10.8. The van der Waals surface area contributed by atoms with Crippen LogP contribution in [-0.4, -0.2) is 42.5 Å². The van der Waals surface area contributed by atoms with Gasteiger partial charge in [0.1, 0.15) is 33.8 Å². The number of amides is 2. The molecule has 3 rings (SSSR count). The molecule has 0 fully saturated rings. The second kappa shape index (κ2) is 12.7. The lowest BCUT2D eigenvalue weighted by Gasteiger charge is -2.23. The Kier molecular flexibility index (Phi) is 9.62. The minimum atomic E-state index is -0.646.